The van der Waals surface area contributed by atoms with Gasteiger partial charge in [0, 0.05) is 29.4 Å². The van der Waals surface area contributed by atoms with E-state index in [4.69, 9.17) is 0 Å². The molecule has 0 aliphatic carbocycles. The van der Waals surface area contributed by atoms with E-state index in [-0.39, 0.29) is 6.04 Å². The van der Waals surface area contributed by atoms with E-state index in [1.165, 1.54) is 4.31 Å². The number of hydrogen-bond donors (Lipinski definition) is 1. The first-order valence-corrected chi connectivity index (χ1v) is 9.42. The molecule has 20 heavy (non-hydrogen) atoms. The predicted octanol–water partition coefficient (Wildman–Crippen LogP) is 2.98. The van der Waals surface area contributed by atoms with Crippen molar-refractivity contribution in [1.29, 1.82) is 0 Å². The van der Waals surface area contributed by atoms with Crippen molar-refractivity contribution < 1.29 is 8.42 Å². The minimum Gasteiger partial charge on any atom is -0.312 e. The number of aryl methyl sites for hydroxylation is 1. The SMILES string of the molecule is CCNCc1cc(S(=O)(=O)N(C)C(CC)CC)c(C)s1. The van der Waals surface area contributed by atoms with Crippen LogP contribution in [0.5, 0.6) is 0 Å². The van der Waals surface area contributed by atoms with Crippen LogP contribution in [0.3, 0.4) is 0 Å². The maximum atomic E-state index is 12.7. The summed E-state index contributed by atoms with van der Waals surface area (Å²) in [6.07, 6.45) is 1.67. The highest BCUT2D eigenvalue weighted by molar-refractivity contribution is 7.89. The summed E-state index contributed by atoms with van der Waals surface area (Å²) in [5, 5.41) is 3.23. The van der Waals surface area contributed by atoms with Crippen LogP contribution in [-0.4, -0.2) is 32.4 Å². The summed E-state index contributed by atoms with van der Waals surface area (Å²) in [5.41, 5.74) is 0. The first-order chi connectivity index (χ1) is 9.38. The zero-order valence-corrected chi connectivity index (χ0v) is 14.7. The highest BCUT2D eigenvalue weighted by atomic mass is 32.2. The Hall–Kier alpha value is -0.430. The van der Waals surface area contributed by atoms with Gasteiger partial charge in [-0.3, -0.25) is 0 Å². The molecule has 0 aliphatic heterocycles. The molecule has 0 spiro atoms. The molecule has 0 amide bonds. The lowest BCUT2D eigenvalue weighted by Gasteiger charge is -2.25. The number of hydrogen-bond acceptors (Lipinski definition) is 4. The fourth-order valence-corrected chi connectivity index (χ4v) is 5.34. The van der Waals surface area contributed by atoms with Crippen LogP contribution >= 0.6 is 11.3 Å². The van der Waals surface area contributed by atoms with Gasteiger partial charge < -0.3 is 5.32 Å². The zero-order valence-electron chi connectivity index (χ0n) is 13.1. The van der Waals surface area contributed by atoms with Crippen LogP contribution in [-0.2, 0) is 16.6 Å². The highest BCUT2D eigenvalue weighted by Crippen LogP contribution is 2.29. The van der Waals surface area contributed by atoms with E-state index in [0.717, 1.165) is 35.7 Å². The molecule has 0 radical (unpaired) electrons. The van der Waals surface area contributed by atoms with Gasteiger partial charge in [-0.2, -0.15) is 4.31 Å². The first kappa shape index (κ1) is 17.6. The third-order valence-electron chi connectivity index (χ3n) is 3.59. The molecule has 0 aliphatic rings. The Morgan fingerprint density at radius 3 is 2.40 bits per heavy atom. The van der Waals surface area contributed by atoms with Gasteiger partial charge in [-0.15, -0.1) is 11.3 Å². The molecule has 0 saturated carbocycles. The average Bonchev–Trinajstić information content (AvgIpc) is 2.79. The van der Waals surface area contributed by atoms with Gasteiger partial charge in [0.15, 0.2) is 0 Å². The Morgan fingerprint density at radius 1 is 1.30 bits per heavy atom. The minimum atomic E-state index is -3.38. The molecule has 1 N–H and O–H groups in total. The number of nitrogens with zero attached hydrogens (tertiary/aromatic N) is 1. The highest BCUT2D eigenvalue weighted by Gasteiger charge is 2.28. The second-order valence-corrected chi connectivity index (χ2v) is 8.21. The smallest absolute Gasteiger partial charge is 0.244 e. The molecule has 0 fully saturated rings. The van der Waals surface area contributed by atoms with Gasteiger partial charge >= 0.3 is 0 Å². The summed E-state index contributed by atoms with van der Waals surface area (Å²) in [6, 6.07) is 1.88. The Balaban J connectivity index is 3.06. The van der Waals surface area contributed by atoms with Crippen LogP contribution in [0.4, 0.5) is 0 Å². The lowest BCUT2D eigenvalue weighted by atomic mass is 10.2. The molecule has 1 rings (SSSR count). The number of nitrogens with one attached hydrogen (secondary N) is 1. The molecule has 0 unspecified atom stereocenters. The molecule has 0 bridgehead atoms. The van der Waals surface area contributed by atoms with Gasteiger partial charge in [0.05, 0.1) is 4.90 Å². The Bertz CT molecular complexity index is 519. The van der Waals surface area contributed by atoms with Crippen LogP contribution in [0.25, 0.3) is 0 Å². The largest absolute Gasteiger partial charge is 0.312 e. The second kappa shape index (κ2) is 7.54. The van der Waals surface area contributed by atoms with Crippen LogP contribution < -0.4 is 5.32 Å². The number of rotatable bonds is 8. The summed E-state index contributed by atoms with van der Waals surface area (Å²) in [4.78, 5) is 2.40. The summed E-state index contributed by atoms with van der Waals surface area (Å²) in [5.74, 6) is 0. The van der Waals surface area contributed by atoms with Crippen molar-refractivity contribution in [1.82, 2.24) is 9.62 Å². The van der Waals surface area contributed by atoms with Crippen molar-refractivity contribution >= 4 is 21.4 Å². The van der Waals surface area contributed by atoms with Crippen molar-refractivity contribution in [3.63, 3.8) is 0 Å². The fraction of sp³-hybridized carbons (Fsp3) is 0.714. The third-order valence-corrected chi connectivity index (χ3v) is 6.80. The van der Waals surface area contributed by atoms with Gasteiger partial charge in [0.1, 0.15) is 0 Å². The standard InChI is InChI=1S/C14H26N2O2S2/c1-6-12(7-2)16(5)20(17,18)14-9-13(10-15-8-3)19-11(14)4/h9,12,15H,6-8,10H2,1-5H3. The van der Waals surface area contributed by atoms with Crippen molar-refractivity contribution in [2.45, 2.75) is 58.0 Å². The van der Waals surface area contributed by atoms with E-state index in [2.05, 4.69) is 5.32 Å². The van der Waals surface area contributed by atoms with Crippen LogP contribution in [0.2, 0.25) is 0 Å². The number of thiophene rings is 1. The molecular formula is C14H26N2O2S2. The zero-order chi connectivity index (χ0) is 15.3. The van der Waals surface area contributed by atoms with Crippen LogP contribution in [0.15, 0.2) is 11.0 Å². The van der Waals surface area contributed by atoms with Gasteiger partial charge in [-0.1, -0.05) is 20.8 Å². The predicted molar refractivity (Wildman–Crippen MR) is 85.8 cm³/mol. The Labute approximate surface area is 127 Å². The maximum absolute atomic E-state index is 12.7. The van der Waals surface area contributed by atoms with Crippen LogP contribution in [0, 0.1) is 6.92 Å². The average molecular weight is 319 g/mol. The molecule has 6 heteroatoms. The van der Waals surface area contributed by atoms with Crippen molar-refractivity contribution in [3.8, 4) is 0 Å². The van der Waals surface area contributed by atoms with Crippen LogP contribution in [0.1, 0.15) is 43.4 Å². The van der Waals surface area contributed by atoms with E-state index in [1.54, 1.807) is 18.4 Å². The Kier molecular flexibility index (Phi) is 6.64. The summed E-state index contributed by atoms with van der Waals surface area (Å²) in [6.45, 7) is 9.58. The first-order valence-electron chi connectivity index (χ1n) is 7.16. The number of sulfonamides is 1. The van der Waals surface area contributed by atoms with E-state index in [0.29, 0.717) is 4.90 Å². The van der Waals surface area contributed by atoms with Gasteiger partial charge in [0.25, 0.3) is 0 Å². The molecule has 0 aromatic carbocycles. The molecule has 0 atom stereocenters. The van der Waals surface area contributed by atoms with Crippen molar-refractivity contribution in [2.75, 3.05) is 13.6 Å². The van der Waals surface area contributed by atoms with Gasteiger partial charge in [-0.05, 0) is 32.4 Å². The Morgan fingerprint density at radius 2 is 1.90 bits per heavy atom. The van der Waals surface area contributed by atoms with E-state index >= 15 is 0 Å². The molecular weight excluding hydrogens is 292 g/mol. The third kappa shape index (κ3) is 3.81. The molecule has 0 saturated heterocycles. The van der Waals surface area contributed by atoms with E-state index in [1.807, 2.05) is 33.8 Å². The maximum Gasteiger partial charge on any atom is 0.244 e. The van der Waals surface area contributed by atoms with E-state index < -0.39 is 10.0 Å². The lowest BCUT2D eigenvalue weighted by molar-refractivity contribution is 0.349. The summed E-state index contributed by atoms with van der Waals surface area (Å²) in [7, 11) is -1.69. The summed E-state index contributed by atoms with van der Waals surface area (Å²) < 4.78 is 26.9. The quantitative estimate of drug-likeness (QED) is 0.801. The van der Waals surface area contributed by atoms with Gasteiger partial charge in [0.2, 0.25) is 10.0 Å². The molecule has 116 valence electrons. The molecule has 4 nitrogen and oxygen atoms in total. The van der Waals surface area contributed by atoms with Crippen molar-refractivity contribution in [2.24, 2.45) is 0 Å². The normalized spacial score (nSPS) is 12.6. The lowest BCUT2D eigenvalue weighted by Crippen LogP contribution is -2.36. The molecule has 1 aromatic heterocycles. The summed E-state index contributed by atoms with van der Waals surface area (Å²) >= 11 is 1.56. The van der Waals surface area contributed by atoms with E-state index in [9.17, 15) is 8.42 Å². The molecule has 1 heterocycles. The molecule has 1 aromatic rings. The van der Waals surface area contributed by atoms with Crippen molar-refractivity contribution in [3.05, 3.63) is 15.8 Å². The van der Waals surface area contributed by atoms with Gasteiger partial charge in [-0.25, -0.2) is 8.42 Å². The monoisotopic (exact) mass is 318 g/mol. The fourth-order valence-electron chi connectivity index (χ4n) is 2.27. The second-order valence-electron chi connectivity index (χ2n) is 4.91. The topological polar surface area (TPSA) is 49.4 Å². The minimum absolute atomic E-state index is 0.0662.